The van der Waals surface area contributed by atoms with Gasteiger partial charge >= 0.3 is 12.4 Å². The topological polar surface area (TPSA) is 109 Å². The van der Waals surface area contributed by atoms with Crippen molar-refractivity contribution in [3.8, 4) is 0 Å². The molecule has 0 saturated heterocycles. The lowest BCUT2D eigenvalue weighted by Crippen LogP contribution is -2.66. The Morgan fingerprint density at radius 2 is 0.958 bits per heavy atom. The number of alkyl halides is 6. The minimum atomic E-state index is -5.94. The van der Waals surface area contributed by atoms with Crippen molar-refractivity contribution >= 4 is 20.2 Å². The summed E-state index contributed by atoms with van der Waals surface area (Å²) in [5.41, 5.74) is 0. The first-order valence-corrected chi connectivity index (χ1v) is 9.33. The van der Waals surface area contributed by atoms with Gasteiger partial charge in [-0.05, 0) is 12.8 Å². The summed E-state index contributed by atoms with van der Waals surface area (Å²) in [6, 6.07) is 0. The van der Waals surface area contributed by atoms with E-state index in [9.17, 15) is 52.3 Å². The van der Waals surface area contributed by atoms with Crippen LogP contribution in [0.3, 0.4) is 0 Å². The molecule has 144 valence electrons. The largest absolute Gasteiger partial charge is 0.390 e. The molecule has 14 heteroatoms. The highest BCUT2D eigenvalue weighted by atomic mass is 32.2. The minimum Gasteiger partial charge on any atom is -0.285 e. The van der Waals surface area contributed by atoms with Crippen LogP contribution in [-0.2, 0) is 20.2 Å². The van der Waals surface area contributed by atoms with Gasteiger partial charge < -0.3 is 0 Å². The van der Waals surface area contributed by atoms with Gasteiger partial charge in [0.2, 0.25) is 0 Å². The molecule has 1 aliphatic rings. The van der Waals surface area contributed by atoms with E-state index in [0.717, 1.165) is 0 Å². The summed E-state index contributed by atoms with van der Waals surface area (Å²) in [6.45, 7) is 0. The molecule has 0 heterocycles. The quantitative estimate of drug-likeness (QED) is 0.547. The van der Waals surface area contributed by atoms with Crippen molar-refractivity contribution in [1.29, 1.82) is 0 Å². The number of hydrogen-bond acceptors (Lipinski definition) is 4. The molecular weight excluding hydrogens is 394 g/mol. The van der Waals surface area contributed by atoms with E-state index < -0.39 is 67.8 Å². The highest BCUT2D eigenvalue weighted by Gasteiger charge is 2.72. The van der Waals surface area contributed by atoms with Crippen LogP contribution in [0.2, 0.25) is 0 Å². The van der Waals surface area contributed by atoms with Crippen LogP contribution in [0.25, 0.3) is 0 Å². The molecule has 0 amide bonds. The second-order valence-electron chi connectivity index (χ2n) is 5.73. The second kappa shape index (κ2) is 5.99. The first kappa shape index (κ1) is 21.4. The van der Waals surface area contributed by atoms with Gasteiger partial charge in [0.25, 0.3) is 20.2 Å². The predicted molar refractivity (Wildman–Crippen MR) is 68.4 cm³/mol. The van der Waals surface area contributed by atoms with E-state index in [0.29, 0.717) is 0 Å². The van der Waals surface area contributed by atoms with Gasteiger partial charge in [-0.25, -0.2) is 0 Å². The maximum Gasteiger partial charge on any atom is 0.390 e. The SMILES string of the molecule is O=S(=O)(O)C1(CC(F)(F)F)CCCCC1(CC(F)(F)F)S(=O)(=O)O. The van der Waals surface area contributed by atoms with E-state index in [1.807, 2.05) is 0 Å². The third kappa shape index (κ3) is 3.96. The summed E-state index contributed by atoms with van der Waals surface area (Å²) < 4.78 is 135. The van der Waals surface area contributed by atoms with E-state index in [1.165, 1.54) is 0 Å². The molecule has 0 radical (unpaired) electrons. The molecule has 24 heavy (non-hydrogen) atoms. The fourth-order valence-electron chi connectivity index (χ4n) is 3.33. The Morgan fingerprint density at radius 3 is 1.12 bits per heavy atom. The lowest BCUT2D eigenvalue weighted by atomic mass is 9.73. The van der Waals surface area contributed by atoms with E-state index in [1.54, 1.807) is 0 Å². The maximum absolute atomic E-state index is 12.8. The Kier molecular flexibility index (Phi) is 5.35. The molecule has 2 unspecified atom stereocenters. The highest BCUT2D eigenvalue weighted by molar-refractivity contribution is 7.91. The Hall–Kier alpha value is -0.600. The lowest BCUT2D eigenvalue weighted by molar-refractivity contribution is -0.164. The summed E-state index contributed by atoms with van der Waals surface area (Å²) in [6.07, 6.45) is -19.0. The van der Waals surface area contributed by atoms with Gasteiger partial charge in [-0.1, -0.05) is 12.8 Å². The fraction of sp³-hybridized carbons (Fsp3) is 1.00. The summed E-state index contributed by atoms with van der Waals surface area (Å²) >= 11 is 0. The van der Waals surface area contributed by atoms with Crippen LogP contribution in [0.15, 0.2) is 0 Å². The molecular formula is C10H14F6O6S2. The molecule has 1 aliphatic carbocycles. The smallest absolute Gasteiger partial charge is 0.285 e. The number of hydrogen-bond donors (Lipinski definition) is 2. The Morgan fingerprint density at radius 1 is 0.708 bits per heavy atom. The van der Waals surface area contributed by atoms with Crippen LogP contribution in [-0.4, -0.2) is 47.8 Å². The minimum absolute atomic E-state index is 0.370. The fourth-order valence-corrected chi connectivity index (χ4v) is 6.75. The molecule has 1 rings (SSSR count). The Labute approximate surface area is 133 Å². The van der Waals surface area contributed by atoms with Gasteiger partial charge in [-0.3, -0.25) is 9.11 Å². The van der Waals surface area contributed by atoms with Crippen LogP contribution in [0, 0.1) is 0 Å². The monoisotopic (exact) mass is 408 g/mol. The van der Waals surface area contributed by atoms with E-state index in [4.69, 9.17) is 0 Å². The van der Waals surface area contributed by atoms with Crippen molar-refractivity contribution in [3.05, 3.63) is 0 Å². The van der Waals surface area contributed by atoms with Crippen molar-refractivity contribution in [3.63, 3.8) is 0 Å². The van der Waals surface area contributed by atoms with Crippen LogP contribution >= 0.6 is 0 Å². The standard InChI is InChI=1S/C10H14F6O6S2/c11-9(12,13)5-7(23(17,18)19)3-1-2-4-8(7,24(20,21)22)6-10(14,15)16/h1-6H2,(H,17,18,19)(H,20,21,22). The predicted octanol–water partition coefficient (Wildman–Crippen LogP) is 2.72. The average molecular weight is 408 g/mol. The van der Waals surface area contributed by atoms with Crippen molar-refractivity contribution < 1.29 is 52.3 Å². The zero-order valence-electron chi connectivity index (χ0n) is 11.9. The van der Waals surface area contributed by atoms with E-state index in [2.05, 4.69) is 0 Å². The van der Waals surface area contributed by atoms with Gasteiger partial charge in [0.05, 0.1) is 12.8 Å². The summed E-state index contributed by atoms with van der Waals surface area (Å²) in [4.78, 5) is 0. The van der Waals surface area contributed by atoms with E-state index in [-0.39, 0.29) is 12.8 Å². The molecule has 0 aromatic heterocycles. The number of halogens is 6. The average Bonchev–Trinajstić information content (AvgIpc) is 2.24. The van der Waals surface area contributed by atoms with Crippen molar-refractivity contribution in [2.45, 2.75) is 60.4 Å². The van der Waals surface area contributed by atoms with Crippen LogP contribution in [0.1, 0.15) is 38.5 Å². The molecule has 0 spiro atoms. The van der Waals surface area contributed by atoms with Crippen molar-refractivity contribution in [2.24, 2.45) is 0 Å². The Balaban J connectivity index is 3.84. The first-order chi connectivity index (χ1) is 10.4. The molecule has 6 nitrogen and oxygen atoms in total. The molecule has 0 aromatic rings. The van der Waals surface area contributed by atoms with Gasteiger partial charge in [-0.15, -0.1) is 0 Å². The third-order valence-corrected chi connectivity index (χ3v) is 7.78. The molecule has 2 atom stereocenters. The van der Waals surface area contributed by atoms with Crippen LogP contribution in [0.4, 0.5) is 26.3 Å². The highest BCUT2D eigenvalue weighted by Crippen LogP contribution is 2.55. The van der Waals surface area contributed by atoms with Gasteiger partial charge in [0.1, 0.15) is 9.49 Å². The molecule has 0 aromatic carbocycles. The van der Waals surface area contributed by atoms with Crippen molar-refractivity contribution in [1.82, 2.24) is 0 Å². The third-order valence-electron chi connectivity index (χ3n) is 4.20. The van der Waals surface area contributed by atoms with Gasteiger partial charge in [0.15, 0.2) is 0 Å². The normalized spacial score (nSPS) is 30.3. The second-order valence-corrected chi connectivity index (χ2v) is 9.19. The summed E-state index contributed by atoms with van der Waals surface area (Å²) in [5.74, 6) is 0. The first-order valence-electron chi connectivity index (χ1n) is 6.45. The molecule has 1 fully saturated rings. The lowest BCUT2D eigenvalue weighted by Gasteiger charge is -2.49. The maximum atomic E-state index is 12.8. The van der Waals surface area contributed by atoms with Crippen molar-refractivity contribution in [2.75, 3.05) is 0 Å². The Bertz CT molecular complexity index is 622. The molecule has 0 bridgehead atoms. The van der Waals surface area contributed by atoms with E-state index >= 15 is 0 Å². The zero-order chi connectivity index (χ0) is 19.2. The van der Waals surface area contributed by atoms with Gasteiger partial charge in [-0.2, -0.15) is 43.2 Å². The van der Waals surface area contributed by atoms with Crippen LogP contribution < -0.4 is 0 Å². The number of rotatable bonds is 4. The van der Waals surface area contributed by atoms with Crippen LogP contribution in [0.5, 0.6) is 0 Å². The molecule has 0 aliphatic heterocycles. The molecule has 1 saturated carbocycles. The molecule has 2 N–H and O–H groups in total. The summed E-state index contributed by atoms with van der Waals surface area (Å²) in [5, 5.41) is 0. The zero-order valence-corrected chi connectivity index (χ0v) is 13.5. The summed E-state index contributed by atoms with van der Waals surface area (Å²) in [7, 11) is -11.9. The van der Waals surface area contributed by atoms with Gasteiger partial charge in [0, 0.05) is 0 Å².